The van der Waals surface area contributed by atoms with Gasteiger partial charge in [-0.15, -0.1) is 0 Å². The molecule has 1 aromatic rings. The number of ether oxygens (including phenoxy) is 1. The summed E-state index contributed by atoms with van der Waals surface area (Å²) in [5.74, 6) is -3.13. The van der Waals surface area contributed by atoms with E-state index in [4.69, 9.17) is 4.74 Å². The summed E-state index contributed by atoms with van der Waals surface area (Å²) in [6.45, 7) is 0.698. The number of carbonyl (C=O) groups is 5. The van der Waals surface area contributed by atoms with Crippen molar-refractivity contribution < 1.29 is 28.7 Å². The minimum atomic E-state index is -1.12. The first kappa shape index (κ1) is 20.5. The molecule has 1 heterocycles. The van der Waals surface area contributed by atoms with Crippen molar-refractivity contribution in [1.82, 2.24) is 10.2 Å². The summed E-state index contributed by atoms with van der Waals surface area (Å²) in [6, 6.07) is 6.63. The average Bonchev–Trinajstić information content (AvgIpc) is 2.97. The van der Waals surface area contributed by atoms with Crippen LogP contribution >= 0.6 is 0 Å². The molecule has 3 rings (SSSR count). The second-order valence-electron chi connectivity index (χ2n) is 7.20. The number of benzene rings is 1. The van der Waals surface area contributed by atoms with Gasteiger partial charge >= 0.3 is 12.0 Å². The fourth-order valence-corrected chi connectivity index (χ4v) is 3.78. The van der Waals surface area contributed by atoms with Crippen LogP contribution in [0, 0.1) is 11.8 Å². The SMILES string of the molecule is C[C@@H](C(=O)OCC(=O)NC(=O)Nc1ccccc1)N1C(=O)[C@H]2CCCC[C@H]2C1=O. The Balaban J connectivity index is 1.48. The average molecular weight is 401 g/mol. The summed E-state index contributed by atoms with van der Waals surface area (Å²) in [4.78, 5) is 61.8. The summed E-state index contributed by atoms with van der Waals surface area (Å²) in [7, 11) is 0. The lowest BCUT2D eigenvalue weighted by molar-refractivity contribution is -0.159. The summed E-state index contributed by atoms with van der Waals surface area (Å²) >= 11 is 0. The highest BCUT2D eigenvalue weighted by Crippen LogP contribution is 2.38. The molecule has 0 radical (unpaired) electrons. The van der Waals surface area contributed by atoms with Crippen LogP contribution < -0.4 is 10.6 Å². The Morgan fingerprint density at radius 3 is 2.24 bits per heavy atom. The Hall–Kier alpha value is -3.23. The van der Waals surface area contributed by atoms with E-state index in [1.165, 1.54) is 6.92 Å². The monoisotopic (exact) mass is 401 g/mol. The van der Waals surface area contributed by atoms with Gasteiger partial charge in [-0.2, -0.15) is 0 Å². The Kier molecular flexibility index (Phi) is 6.26. The molecule has 3 atom stereocenters. The molecule has 1 aromatic carbocycles. The van der Waals surface area contributed by atoms with Crippen molar-refractivity contribution in [2.45, 2.75) is 38.6 Å². The van der Waals surface area contributed by atoms with Gasteiger partial charge in [0.05, 0.1) is 11.8 Å². The predicted molar refractivity (Wildman–Crippen MR) is 101 cm³/mol. The van der Waals surface area contributed by atoms with Crippen molar-refractivity contribution in [2.24, 2.45) is 11.8 Å². The highest BCUT2D eigenvalue weighted by molar-refractivity contribution is 6.08. The molecule has 0 bridgehead atoms. The number of para-hydroxylation sites is 1. The van der Waals surface area contributed by atoms with E-state index in [1.807, 2.05) is 5.32 Å². The molecule has 154 valence electrons. The van der Waals surface area contributed by atoms with Gasteiger partial charge in [-0.05, 0) is 31.9 Å². The molecule has 29 heavy (non-hydrogen) atoms. The van der Waals surface area contributed by atoms with Gasteiger partial charge in [0.15, 0.2) is 6.61 Å². The lowest BCUT2D eigenvalue weighted by atomic mass is 9.81. The number of hydrogen-bond acceptors (Lipinski definition) is 6. The zero-order valence-electron chi connectivity index (χ0n) is 16.1. The van der Waals surface area contributed by atoms with E-state index in [0.29, 0.717) is 18.5 Å². The number of esters is 1. The quantitative estimate of drug-likeness (QED) is 0.569. The summed E-state index contributed by atoms with van der Waals surface area (Å²) in [5.41, 5.74) is 0.496. The first-order valence-corrected chi connectivity index (χ1v) is 9.58. The summed E-state index contributed by atoms with van der Waals surface area (Å²) < 4.78 is 4.90. The van der Waals surface area contributed by atoms with Crippen LogP contribution in [0.3, 0.4) is 0 Å². The number of hydrogen-bond donors (Lipinski definition) is 2. The third-order valence-electron chi connectivity index (χ3n) is 5.23. The van der Waals surface area contributed by atoms with Crippen LogP contribution in [0.4, 0.5) is 10.5 Å². The maximum Gasteiger partial charge on any atom is 0.329 e. The molecule has 9 nitrogen and oxygen atoms in total. The lowest BCUT2D eigenvalue weighted by Gasteiger charge is -2.21. The lowest BCUT2D eigenvalue weighted by Crippen LogP contribution is -2.45. The number of amides is 5. The first-order chi connectivity index (χ1) is 13.9. The van der Waals surface area contributed by atoms with Crippen LogP contribution in [0.15, 0.2) is 30.3 Å². The maximum atomic E-state index is 12.5. The molecule has 5 amide bonds. The maximum absolute atomic E-state index is 12.5. The molecule has 2 fully saturated rings. The zero-order valence-corrected chi connectivity index (χ0v) is 16.1. The van der Waals surface area contributed by atoms with Gasteiger partial charge in [0.1, 0.15) is 6.04 Å². The Morgan fingerprint density at radius 1 is 1.07 bits per heavy atom. The van der Waals surface area contributed by atoms with Crippen LogP contribution in [0.5, 0.6) is 0 Å². The molecule has 2 aliphatic rings. The summed E-state index contributed by atoms with van der Waals surface area (Å²) in [6.07, 6.45) is 3.06. The van der Waals surface area contributed by atoms with Gasteiger partial charge in [-0.1, -0.05) is 31.0 Å². The second kappa shape index (κ2) is 8.85. The van der Waals surface area contributed by atoms with Crippen molar-refractivity contribution in [1.29, 1.82) is 0 Å². The molecule has 1 aliphatic carbocycles. The summed E-state index contributed by atoms with van der Waals surface area (Å²) in [5, 5.41) is 4.50. The predicted octanol–water partition coefficient (Wildman–Crippen LogP) is 1.44. The van der Waals surface area contributed by atoms with Gasteiger partial charge in [-0.3, -0.25) is 24.6 Å². The molecule has 9 heteroatoms. The number of fused-ring (bicyclic) bond motifs is 1. The fraction of sp³-hybridized carbons (Fsp3) is 0.450. The Morgan fingerprint density at radius 2 is 1.66 bits per heavy atom. The molecule has 0 unspecified atom stereocenters. The normalized spacial score (nSPS) is 21.9. The van der Waals surface area contributed by atoms with Crippen molar-refractivity contribution in [2.75, 3.05) is 11.9 Å². The minimum Gasteiger partial charge on any atom is -0.454 e. The first-order valence-electron chi connectivity index (χ1n) is 9.58. The van der Waals surface area contributed by atoms with Crippen LogP contribution in [-0.2, 0) is 23.9 Å². The number of anilines is 1. The topological polar surface area (TPSA) is 122 Å². The van der Waals surface area contributed by atoms with Crippen molar-refractivity contribution in [3.8, 4) is 0 Å². The van der Waals surface area contributed by atoms with E-state index >= 15 is 0 Å². The highest BCUT2D eigenvalue weighted by atomic mass is 16.5. The number of rotatable bonds is 5. The van der Waals surface area contributed by atoms with E-state index in [1.54, 1.807) is 30.3 Å². The van der Waals surface area contributed by atoms with Gasteiger partial charge in [0.2, 0.25) is 11.8 Å². The Labute approximate surface area is 167 Å². The van der Waals surface area contributed by atoms with Gasteiger partial charge in [-0.25, -0.2) is 9.59 Å². The van der Waals surface area contributed by atoms with Gasteiger partial charge in [0, 0.05) is 5.69 Å². The standard InChI is InChI=1S/C20H23N3O6/c1-12(23-17(25)14-9-5-6-10-15(14)18(23)26)19(27)29-11-16(24)22-20(28)21-13-7-3-2-4-8-13/h2-4,7-8,12,14-15H,5-6,9-11H2,1H3,(H2,21,22,24,28)/t12-,14-,15+/m0/s1. The van der Waals surface area contributed by atoms with Crippen LogP contribution in [0.2, 0.25) is 0 Å². The van der Waals surface area contributed by atoms with E-state index in [9.17, 15) is 24.0 Å². The van der Waals surface area contributed by atoms with E-state index < -0.39 is 30.6 Å². The minimum absolute atomic E-state index is 0.351. The van der Waals surface area contributed by atoms with Crippen LogP contribution in [0.1, 0.15) is 32.6 Å². The number of urea groups is 1. The fourth-order valence-electron chi connectivity index (χ4n) is 3.78. The van der Waals surface area contributed by atoms with E-state index in [0.717, 1.165) is 17.7 Å². The smallest absolute Gasteiger partial charge is 0.329 e. The molecular formula is C20H23N3O6. The van der Waals surface area contributed by atoms with Crippen molar-refractivity contribution in [3.63, 3.8) is 0 Å². The Bertz CT molecular complexity index is 801. The highest BCUT2D eigenvalue weighted by Gasteiger charge is 2.51. The number of nitrogens with one attached hydrogen (secondary N) is 2. The largest absolute Gasteiger partial charge is 0.454 e. The molecule has 2 N–H and O–H groups in total. The zero-order chi connectivity index (χ0) is 21.0. The molecule has 1 saturated carbocycles. The number of nitrogens with zero attached hydrogens (tertiary/aromatic N) is 1. The molecule has 0 spiro atoms. The molecule has 1 saturated heterocycles. The molecule has 1 aliphatic heterocycles. The van der Waals surface area contributed by atoms with Crippen molar-refractivity contribution >= 4 is 35.4 Å². The third-order valence-corrected chi connectivity index (χ3v) is 5.23. The van der Waals surface area contributed by atoms with Gasteiger partial charge in [0.25, 0.3) is 5.91 Å². The molecule has 0 aromatic heterocycles. The number of carbonyl (C=O) groups excluding carboxylic acids is 5. The van der Waals surface area contributed by atoms with E-state index in [-0.39, 0.29) is 23.7 Å². The number of likely N-dealkylation sites (tertiary alicyclic amines) is 1. The van der Waals surface area contributed by atoms with Crippen molar-refractivity contribution in [3.05, 3.63) is 30.3 Å². The second-order valence-corrected chi connectivity index (χ2v) is 7.20. The van der Waals surface area contributed by atoms with E-state index in [2.05, 4.69) is 5.32 Å². The third kappa shape index (κ3) is 4.61. The molecular weight excluding hydrogens is 378 g/mol. The number of imide groups is 2. The van der Waals surface area contributed by atoms with Crippen LogP contribution in [-0.4, -0.2) is 47.3 Å². The van der Waals surface area contributed by atoms with Gasteiger partial charge < -0.3 is 10.1 Å². The van der Waals surface area contributed by atoms with Crippen LogP contribution in [0.25, 0.3) is 0 Å².